The molecule has 1 fully saturated rings. The molecule has 1 aromatic carbocycles. The summed E-state index contributed by atoms with van der Waals surface area (Å²) in [5.41, 5.74) is 2.50. The van der Waals surface area contributed by atoms with Gasteiger partial charge in [0.05, 0.1) is 17.3 Å². The molecule has 114 valence electrons. The van der Waals surface area contributed by atoms with Gasteiger partial charge >= 0.3 is 0 Å². The molecular weight excluding hydrogens is 292 g/mol. The first-order chi connectivity index (χ1) is 9.97. The van der Waals surface area contributed by atoms with Gasteiger partial charge in [-0.05, 0) is 43.9 Å². The molecule has 1 aliphatic rings. The van der Waals surface area contributed by atoms with Crippen LogP contribution >= 0.6 is 11.6 Å². The van der Waals surface area contributed by atoms with E-state index in [1.54, 1.807) is 6.07 Å². The lowest BCUT2D eigenvalue weighted by molar-refractivity contribution is -0.131. The van der Waals surface area contributed by atoms with Gasteiger partial charge in [-0.25, -0.2) is 0 Å². The number of hydrogen-bond acceptors (Lipinski definition) is 3. The Balaban J connectivity index is 1.88. The first kappa shape index (κ1) is 15.8. The third kappa shape index (κ3) is 4.19. The van der Waals surface area contributed by atoms with Crippen LogP contribution in [0.4, 0.5) is 5.69 Å². The molecule has 1 aromatic rings. The summed E-state index contributed by atoms with van der Waals surface area (Å²) in [4.78, 5) is 23.6. The maximum atomic E-state index is 11.9. The second-order valence-electron chi connectivity index (χ2n) is 5.21. The van der Waals surface area contributed by atoms with Gasteiger partial charge in [-0.15, -0.1) is 0 Å². The van der Waals surface area contributed by atoms with E-state index in [2.05, 4.69) is 10.6 Å². The fourth-order valence-electron chi connectivity index (χ4n) is 2.32. The van der Waals surface area contributed by atoms with Crippen LogP contribution in [0.3, 0.4) is 0 Å². The van der Waals surface area contributed by atoms with E-state index in [9.17, 15) is 9.59 Å². The largest absolute Gasteiger partial charge is 0.368 e. The number of halogens is 1. The second kappa shape index (κ2) is 6.91. The Hall–Kier alpha value is -1.59. The van der Waals surface area contributed by atoms with Gasteiger partial charge in [-0.1, -0.05) is 17.7 Å². The van der Waals surface area contributed by atoms with E-state index in [0.29, 0.717) is 23.7 Å². The average molecular weight is 311 g/mol. The summed E-state index contributed by atoms with van der Waals surface area (Å²) in [7, 11) is 0. The lowest BCUT2D eigenvalue weighted by Crippen LogP contribution is -2.39. The summed E-state index contributed by atoms with van der Waals surface area (Å²) in [6, 6.07) is 3.72. The Morgan fingerprint density at radius 3 is 2.76 bits per heavy atom. The SMILES string of the molecule is Cc1cc(C)c(NC(=O)CNC(=O)C2CCCO2)c(Cl)c1. The van der Waals surface area contributed by atoms with Gasteiger partial charge in [0.15, 0.2) is 0 Å². The molecule has 0 radical (unpaired) electrons. The first-order valence-corrected chi connectivity index (χ1v) is 7.31. The zero-order chi connectivity index (χ0) is 15.4. The number of rotatable bonds is 4. The van der Waals surface area contributed by atoms with Gasteiger partial charge < -0.3 is 15.4 Å². The molecule has 0 aromatic heterocycles. The van der Waals surface area contributed by atoms with Crippen LogP contribution in [-0.2, 0) is 14.3 Å². The molecule has 2 rings (SSSR count). The van der Waals surface area contributed by atoms with Crippen LogP contribution < -0.4 is 10.6 Å². The fraction of sp³-hybridized carbons (Fsp3) is 0.467. The molecule has 21 heavy (non-hydrogen) atoms. The van der Waals surface area contributed by atoms with Gasteiger partial charge in [0, 0.05) is 6.61 Å². The summed E-state index contributed by atoms with van der Waals surface area (Å²) in [5.74, 6) is -0.551. The zero-order valence-corrected chi connectivity index (χ0v) is 12.9. The van der Waals surface area contributed by atoms with Gasteiger partial charge in [0.25, 0.3) is 0 Å². The van der Waals surface area contributed by atoms with Gasteiger partial charge in [-0.3, -0.25) is 9.59 Å². The predicted molar refractivity (Wildman–Crippen MR) is 81.5 cm³/mol. The van der Waals surface area contributed by atoms with Crippen LogP contribution in [0, 0.1) is 13.8 Å². The van der Waals surface area contributed by atoms with Crippen LogP contribution in [0.5, 0.6) is 0 Å². The molecule has 2 amide bonds. The van der Waals surface area contributed by atoms with Crippen molar-refractivity contribution in [2.75, 3.05) is 18.5 Å². The average Bonchev–Trinajstić information content (AvgIpc) is 2.94. The zero-order valence-electron chi connectivity index (χ0n) is 12.2. The van der Waals surface area contributed by atoms with Crippen molar-refractivity contribution in [3.8, 4) is 0 Å². The molecule has 6 heteroatoms. The monoisotopic (exact) mass is 310 g/mol. The molecule has 1 aliphatic heterocycles. The Kier molecular flexibility index (Phi) is 5.20. The summed E-state index contributed by atoms with van der Waals surface area (Å²) in [5, 5.41) is 5.79. The van der Waals surface area contributed by atoms with Crippen molar-refractivity contribution in [1.29, 1.82) is 0 Å². The molecule has 0 spiro atoms. The van der Waals surface area contributed by atoms with E-state index in [0.717, 1.165) is 17.5 Å². The van der Waals surface area contributed by atoms with Crippen LogP contribution in [0.15, 0.2) is 12.1 Å². The summed E-state index contributed by atoms with van der Waals surface area (Å²) < 4.78 is 5.25. The highest BCUT2D eigenvalue weighted by atomic mass is 35.5. The minimum Gasteiger partial charge on any atom is -0.368 e. The standard InChI is InChI=1S/C15H19ClN2O3/c1-9-6-10(2)14(11(16)7-9)18-13(19)8-17-15(20)12-4-3-5-21-12/h6-7,12H,3-5,8H2,1-2H3,(H,17,20)(H,18,19). The highest BCUT2D eigenvalue weighted by molar-refractivity contribution is 6.34. The number of benzene rings is 1. The Morgan fingerprint density at radius 1 is 1.38 bits per heavy atom. The number of nitrogens with one attached hydrogen (secondary N) is 2. The lowest BCUT2D eigenvalue weighted by Gasteiger charge is -2.13. The minimum atomic E-state index is -0.428. The van der Waals surface area contributed by atoms with E-state index in [-0.39, 0.29) is 18.4 Å². The molecule has 1 heterocycles. The Morgan fingerprint density at radius 2 is 2.14 bits per heavy atom. The van der Waals surface area contributed by atoms with Crippen LogP contribution in [-0.4, -0.2) is 31.1 Å². The number of ether oxygens (including phenoxy) is 1. The first-order valence-electron chi connectivity index (χ1n) is 6.93. The minimum absolute atomic E-state index is 0.0949. The number of anilines is 1. The third-order valence-electron chi connectivity index (χ3n) is 3.34. The maximum absolute atomic E-state index is 11.9. The van der Waals surface area contributed by atoms with Crippen LogP contribution in [0.2, 0.25) is 5.02 Å². The van der Waals surface area contributed by atoms with Crippen LogP contribution in [0.25, 0.3) is 0 Å². The Labute approximate surface area is 129 Å². The molecule has 0 saturated carbocycles. The van der Waals surface area contributed by atoms with Crippen LogP contribution in [0.1, 0.15) is 24.0 Å². The van der Waals surface area contributed by atoms with E-state index < -0.39 is 6.10 Å². The molecule has 1 unspecified atom stereocenters. The maximum Gasteiger partial charge on any atom is 0.249 e. The van der Waals surface area contributed by atoms with Crippen molar-refractivity contribution in [1.82, 2.24) is 5.32 Å². The topological polar surface area (TPSA) is 67.4 Å². The number of carbonyl (C=O) groups excluding carboxylic acids is 2. The Bertz CT molecular complexity index is 531. The highest BCUT2D eigenvalue weighted by Crippen LogP contribution is 2.27. The van der Waals surface area contributed by atoms with Crippen molar-refractivity contribution in [3.05, 3.63) is 28.3 Å². The van der Waals surface area contributed by atoms with Crippen molar-refractivity contribution in [3.63, 3.8) is 0 Å². The van der Waals surface area contributed by atoms with Gasteiger partial charge in [0.1, 0.15) is 6.10 Å². The predicted octanol–water partition coefficient (Wildman–Crippen LogP) is 2.19. The molecule has 0 aliphatic carbocycles. The summed E-state index contributed by atoms with van der Waals surface area (Å²) >= 11 is 6.12. The second-order valence-corrected chi connectivity index (χ2v) is 5.61. The van der Waals surface area contributed by atoms with Gasteiger partial charge in [-0.2, -0.15) is 0 Å². The summed E-state index contributed by atoms with van der Waals surface area (Å²) in [6.07, 6.45) is 1.15. The smallest absolute Gasteiger partial charge is 0.249 e. The molecule has 2 N–H and O–H groups in total. The van der Waals surface area contributed by atoms with E-state index in [1.165, 1.54) is 0 Å². The number of hydrogen-bond donors (Lipinski definition) is 2. The highest BCUT2D eigenvalue weighted by Gasteiger charge is 2.23. The fourth-order valence-corrected chi connectivity index (χ4v) is 2.69. The van der Waals surface area contributed by atoms with E-state index in [4.69, 9.17) is 16.3 Å². The number of carbonyl (C=O) groups is 2. The van der Waals surface area contributed by atoms with E-state index >= 15 is 0 Å². The quantitative estimate of drug-likeness (QED) is 0.896. The third-order valence-corrected chi connectivity index (χ3v) is 3.64. The molecule has 5 nitrogen and oxygen atoms in total. The molecule has 1 saturated heterocycles. The number of amides is 2. The molecule has 1 atom stereocenters. The van der Waals surface area contributed by atoms with Crippen molar-refractivity contribution in [2.45, 2.75) is 32.8 Å². The summed E-state index contributed by atoms with van der Waals surface area (Å²) in [6.45, 7) is 4.32. The van der Waals surface area contributed by atoms with E-state index in [1.807, 2.05) is 19.9 Å². The molecular formula is C15H19ClN2O3. The number of aryl methyl sites for hydroxylation is 2. The van der Waals surface area contributed by atoms with Crippen molar-refractivity contribution >= 4 is 29.1 Å². The van der Waals surface area contributed by atoms with Crippen molar-refractivity contribution in [2.24, 2.45) is 0 Å². The molecule has 0 bridgehead atoms. The lowest BCUT2D eigenvalue weighted by atomic mass is 10.1. The van der Waals surface area contributed by atoms with Gasteiger partial charge in [0.2, 0.25) is 11.8 Å². The normalized spacial score (nSPS) is 17.6. The van der Waals surface area contributed by atoms with Crippen molar-refractivity contribution < 1.29 is 14.3 Å².